The van der Waals surface area contributed by atoms with Crippen LogP contribution in [0.5, 0.6) is 0 Å². The van der Waals surface area contributed by atoms with Gasteiger partial charge in [-0.25, -0.2) is 0 Å². The zero-order valence-electron chi connectivity index (χ0n) is 6.78. The number of pyridine rings is 1. The second-order valence-corrected chi connectivity index (χ2v) is 3.91. The fraction of sp³-hybridized carbons (Fsp3) is 0.100. The van der Waals surface area contributed by atoms with Crippen molar-refractivity contribution in [3.05, 3.63) is 36.0 Å². The first-order chi connectivity index (χ1) is 5.75. The molecule has 0 spiro atoms. The SMILES string of the molecule is Cc1ccc2cc([As])ccc2n1. The summed E-state index contributed by atoms with van der Waals surface area (Å²) in [6, 6.07) is 10.4. The minimum atomic E-state index is 1.07. The number of hydrogen-bond donors (Lipinski definition) is 0. The molecule has 0 N–H and O–H groups in total. The number of aromatic nitrogens is 1. The van der Waals surface area contributed by atoms with Gasteiger partial charge in [-0.1, -0.05) is 0 Å². The number of rotatable bonds is 0. The van der Waals surface area contributed by atoms with E-state index < -0.39 is 0 Å². The van der Waals surface area contributed by atoms with E-state index in [4.69, 9.17) is 0 Å². The molecule has 2 radical (unpaired) electrons. The maximum absolute atomic E-state index is 4.41. The molecular formula is C10H8AsN. The van der Waals surface area contributed by atoms with Crippen molar-refractivity contribution < 1.29 is 0 Å². The standard InChI is InChI=1S/C10H8AsN/c1-7-2-3-8-6-9(11)4-5-10(8)12-7/h2-6H,1H3. The van der Waals surface area contributed by atoms with Crippen LogP contribution in [-0.2, 0) is 0 Å². The third kappa shape index (κ3) is 1.37. The predicted octanol–water partition coefficient (Wildman–Crippen LogP) is 1.34. The fourth-order valence-electron chi connectivity index (χ4n) is 1.21. The van der Waals surface area contributed by atoms with Gasteiger partial charge in [0.1, 0.15) is 0 Å². The number of hydrogen-bond acceptors (Lipinski definition) is 1. The van der Waals surface area contributed by atoms with Crippen molar-refractivity contribution in [2.45, 2.75) is 6.92 Å². The third-order valence-electron chi connectivity index (χ3n) is 1.81. The molecule has 1 aromatic carbocycles. The van der Waals surface area contributed by atoms with Crippen LogP contribution in [0.15, 0.2) is 30.3 Å². The molecule has 0 bridgehead atoms. The molecule has 1 nitrogen and oxygen atoms in total. The van der Waals surface area contributed by atoms with Gasteiger partial charge in [0.2, 0.25) is 0 Å². The Bertz CT molecular complexity index is 382. The molecule has 1 heterocycles. The molecule has 0 saturated heterocycles. The fourth-order valence-corrected chi connectivity index (χ4v) is 1.66. The summed E-state index contributed by atoms with van der Waals surface area (Å²) in [5, 5.41) is 1.21. The van der Waals surface area contributed by atoms with Crippen molar-refractivity contribution in [3.8, 4) is 0 Å². The molecule has 0 aliphatic heterocycles. The number of benzene rings is 1. The summed E-state index contributed by atoms with van der Waals surface area (Å²) in [6.45, 7) is 2.01. The Morgan fingerprint density at radius 2 is 2.00 bits per heavy atom. The molecule has 0 fully saturated rings. The van der Waals surface area contributed by atoms with Gasteiger partial charge in [-0.05, 0) is 0 Å². The van der Waals surface area contributed by atoms with E-state index in [0.29, 0.717) is 0 Å². The summed E-state index contributed by atoms with van der Waals surface area (Å²) in [7, 11) is 0. The summed E-state index contributed by atoms with van der Waals surface area (Å²) >= 11 is 2.54. The van der Waals surface area contributed by atoms with E-state index >= 15 is 0 Å². The second kappa shape index (κ2) is 2.91. The van der Waals surface area contributed by atoms with Crippen LogP contribution in [0.2, 0.25) is 0 Å². The zero-order chi connectivity index (χ0) is 8.55. The van der Waals surface area contributed by atoms with Crippen LogP contribution in [0.3, 0.4) is 0 Å². The average Bonchev–Trinajstić information content (AvgIpc) is 2.05. The van der Waals surface area contributed by atoms with Crippen molar-refractivity contribution in [2.24, 2.45) is 0 Å². The van der Waals surface area contributed by atoms with E-state index in [1.165, 1.54) is 9.74 Å². The van der Waals surface area contributed by atoms with Gasteiger partial charge in [0, 0.05) is 0 Å². The van der Waals surface area contributed by atoms with Crippen LogP contribution in [0, 0.1) is 6.92 Å². The Morgan fingerprint density at radius 3 is 2.83 bits per heavy atom. The quantitative estimate of drug-likeness (QED) is 0.607. The molecular weight excluding hydrogens is 209 g/mol. The summed E-state index contributed by atoms with van der Waals surface area (Å²) in [6.07, 6.45) is 0. The van der Waals surface area contributed by atoms with Crippen LogP contribution in [0.25, 0.3) is 10.9 Å². The Kier molecular flexibility index (Phi) is 1.90. The predicted molar refractivity (Wildman–Crippen MR) is 51.9 cm³/mol. The summed E-state index contributed by atoms with van der Waals surface area (Å²) in [5.41, 5.74) is 2.14. The Hall–Kier alpha value is -0.812. The molecule has 1 aromatic heterocycles. The van der Waals surface area contributed by atoms with Crippen molar-refractivity contribution in [2.75, 3.05) is 0 Å². The molecule has 0 unspecified atom stereocenters. The van der Waals surface area contributed by atoms with Gasteiger partial charge < -0.3 is 0 Å². The Labute approximate surface area is 80.3 Å². The summed E-state index contributed by atoms with van der Waals surface area (Å²) in [5.74, 6) is 0. The first kappa shape index (κ1) is 7.82. The van der Waals surface area contributed by atoms with Crippen LogP contribution in [0.1, 0.15) is 5.69 Å². The van der Waals surface area contributed by atoms with Crippen molar-refractivity contribution in [3.63, 3.8) is 0 Å². The molecule has 58 valence electrons. The van der Waals surface area contributed by atoms with Crippen LogP contribution in [0.4, 0.5) is 0 Å². The number of fused-ring (bicyclic) bond motifs is 1. The van der Waals surface area contributed by atoms with Crippen LogP contribution >= 0.6 is 0 Å². The van der Waals surface area contributed by atoms with Gasteiger partial charge in [-0.15, -0.1) is 0 Å². The van der Waals surface area contributed by atoms with Gasteiger partial charge in [-0.2, -0.15) is 0 Å². The van der Waals surface area contributed by atoms with E-state index in [9.17, 15) is 0 Å². The molecule has 2 rings (SSSR count). The van der Waals surface area contributed by atoms with Crippen molar-refractivity contribution in [1.29, 1.82) is 0 Å². The zero-order valence-corrected chi connectivity index (χ0v) is 8.66. The molecule has 2 heteroatoms. The summed E-state index contributed by atoms with van der Waals surface area (Å²) in [4.78, 5) is 4.41. The van der Waals surface area contributed by atoms with Gasteiger partial charge in [0.15, 0.2) is 0 Å². The molecule has 0 amide bonds. The molecule has 0 atom stereocenters. The van der Waals surface area contributed by atoms with Crippen molar-refractivity contribution in [1.82, 2.24) is 4.98 Å². The Balaban J connectivity index is 2.79. The normalized spacial score (nSPS) is 10.5. The Morgan fingerprint density at radius 1 is 1.17 bits per heavy atom. The van der Waals surface area contributed by atoms with E-state index in [0.717, 1.165) is 11.2 Å². The van der Waals surface area contributed by atoms with E-state index in [2.05, 4.69) is 46.1 Å². The van der Waals surface area contributed by atoms with E-state index in [1.807, 2.05) is 13.0 Å². The monoisotopic (exact) mass is 217 g/mol. The number of nitrogens with zero attached hydrogens (tertiary/aromatic N) is 1. The topological polar surface area (TPSA) is 12.9 Å². The second-order valence-electron chi connectivity index (χ2n) is 2.83. The third-order valence-corrected chi connectivity index (χ3v) is 2.40. The van der Waals surface area contributed by atoms with Crippen LogP contribution < -0.4 is 4.35 Å². The molecule has 0 aliphatic carbocycles. The molecule has 0 aliphatic rings. The van der Waals surface area contributed by atoms with Gasteiger partial charge in [-0.3, -0.25) is 0 Å². The minimum absolute atomic E-state index is 1.07. The average molecular weight is 217 g/mol. The van der Waals surface area contributed by atoms with E-state index in [-0.39, 0.29) is 0 Å². The van der Waals surface area contributed by atoms with Crippen LogP contribution in [-0.4, -0.2) is 21.8 Å². The first-order valence-electron chi connectivity index (χ1n) is 3.82. The first-order valence-corrected chi connectivity index (χ1v) is 4.76. The van der Waals surface area contributed by atoms with Gasteiger partial charge >= 0.3 is 80.0 Å². The molecule has 0 saturated carbocycles. The molecule has 12 heavy (non-hydrogen) atoms. The van der Waals surface area contributed by atoms with Gasteiger partial charge in [0.05, 0.1) is 0 Å². The van der Waals surface area contributed by atoms with Crippen molar-refractivity contribution >= 4 is 32.1 Å². The summed E-state index contributed by atoms with van der Waals surface area (Å²) < 4.78 is 1.22. The van der Waals surface area contributed by atoms with Gasteiger partial charge in [0.25, 0.3) is 0 Å². The molecule has 2 aromatic rings. The number of aryl methyl sites for hydroxylation is 1. The maximum atomic E-state index is 4.41. The van der Waals surface area contributed by atoms with E-state index in [1.54, 1.807) is 0 Å².